The average molecular weight is 238 g/mol. The maximum Gasteiger partial charge on any atom is 0.194 e. The van der Waals surface area contributed by atoms with Gasteiger partial charge in [0, 0.05) is 17.0 Å². The molecule has 0 amide bonds. The van der Waals surface area contributed by atoms with E-state index in [4.69, 9.17) is 4.98 Å². The zero-order valence-corrected chi connectivity index (χ0v) is 10.2. The Bertz CT molecular complexity index is 854. The standard InChI is InChI=1S/C14H10N2S/c1-9-2-3-10-4-5-12-13(11(10)8-9)15-14-16(12)6-7-17-14/h2-8H,1H3. The lowest BCUT2D eigenvalue weighted by Crippen LogP contribution is -1.79. The van der Waals surface area contributed by atoms with Crippen molar-refractivity contribution in [3.8, 4) is 0 Å². The minimum atomic E-state index is 1.06. The van der Waals surface area contributed by atoms with Crippen molar-refractivity contribution in [1.29, 1.82) is 0 Å². The fourth-order valence-corrected chi connectivity index (χ4v) is 3.07. The van der Waals surface area contributed by atoms with E-state index in [1.165, 1.54) is 21.9 Å². The van der Waals surface area contributed by atoms with Gasteiger partial charge in [-0.2, -0.15) is 0 Å². The number of benzene rings is 2. The van der Waals surface area contributed by atoms with Crippen LogP contribution in [-0.4, -0.2) is 9.38 Å². The summed E-state index contributed by atoms with van der Waals surface area (Å²) in [6.45, 7) is 2.12. The molecule has 0 aliphatic rings. The summed E-state index contributed by atoms with van der Waals surface area (Å²) in [6.07, 6.45) is 2.08. The summed E-state index contributed by atoms with van der Waals surface area (Å²) in [5.41, 5.74) is 3.58. The fraction of sp³-hybridized carbons (Fsp3) is 0.0714. The molecule has 0 radical (unpaired) electrons. The lowest BCUT2D eigenvalue weighted by Gasteiger charge is -2.00. The molecule has 0 bridgehead atoms. The number of rotatable bonds is 0. The molecule has 0 saturated heterocycles. The molecule has 3 heteroatoms. The average Bonchev–Trinajstić information content (AvgIpc) is 2.88. The van der Waals surface area contributed by atoms with Crippen molar-refractivity contribution in [2.45, 2.75) is 6.92 Å². The van der Waals surface area contributed by atoms with Crippen LogP contribution < -0.4 is 0 Å². The highest BCUT2D eigenvalue weighted by Gasteiger charge is 2.08. The maximum atomic E-state index is 4.73. The fourth-order valence-electron chi connectivity index (χ4n) is 2.35. The molecule has 2 aromatic carbocycles. The molecule has 2 aromatic heterocycles. The van der Waals surface area contributed by atoms with Gasteiger partial charge in [-0.3, -0.25) is 4.40 Å². The monoisotopic (exact) mass is 238 g/mol. The number of hydrogen-bond acceptors (Lipinski definition) is 2. The molecule has 0 spiro atoms. The quantitative estimate of drug-likeness (QED) is 0.452. The number of thiazole rings is 1. The Morgan fingerprint density at radius 3 is 3.00 bits per heavy atom. The van der Waals surface area contributed by atoms with Gasteiger partial charge in [0.15, 0.2) is 4.96 Å². The molecule has 82 valence electrons. The highest BCUT2D eigenvalue weighted by Crippen LogP contribution is 2.28. The number of hydrogen-bond donors (Lipinski definition) is 0. The van der Waals surface area contributed by atoms with Crippen LogP contribution >= 0.6 is 11.3 Å². The van der Waals surface area contributed by atoms with Gasteiger partial charge in [-0.25, -0.2) is 4.98 Å². The first-order chi connectivity index (χ1) is 8.33. The molecule has 17 heavy (non-hydrogen) atoms. The third-order valence-corrected chi connectivity index (χ3v) is 3.94. The lowest BCUT2D eigenvalue weighted by atomic mass is 10.1. The van der Waals surface area contributed by atoms with Crippen LogP contribution in [0.1, 0.15) is 5.56 Å². The Labute approximate surface area is 102 Å². The highest BCUT2D eigenvalue weighted by atomic mass is 32.1. The van der Waals surface area contributed by atoms with E-state index in [0.717, 1.165) is 10.5 Å². The molecule has 2 heterocycles. The van der Waals surface area contributed by atoms with Crippen LogP contribution in [-0.2, 0) is 0 Å². The van der Waals surface area contributed by atoms with Gasteiger partial charge in [0.25, 0.3) is 0 Å². The van der Waals surface area contributed by atoms with E-state index in [9.17, 15) is 0 Å². The zero-order chi connectivity index (χ0) is 11.4. The minimum absolute atomic E-state index is 1.06. The van der Waals surface area contributed by atoms with Gasteiger partial charge in [-0.1, -0.05) is 23.8 Å². The summed E-state index contributed by atoms with van der Waals surface area (Å²) in [4.78, 5) is 5.79. The van der Waals surface area contributed by atoms with Crippen molar-refractivity contribution in [2.24, 2.45) is 0 Å². The Kier molecular flexibility index (Phi) is 1.66. The molecular weight excluding hydrogens is 228 g/mol. The topological polar surface area (TPSA) is 17.3 Å². The van der Waals surface area contributed by atoms with Crippen LogP contribution in [0.5, 0.6) is 0 Å². The maximum absolute atomic E-state index is 4.73. The van der Waals surface area contributed by atoms with Crippen molar-refractivity contribution in [3.63, 3.8) is 0 Å². The van der Waals surface area contributed by atoms with Crippen LogP contribution in [0.2, 0.25) is 0 Å². The van der Waals surface area contributed by atoms with Crippen molar-refractivity contribution in [2.75, 3.05) is 0 Å². The summed E-state index contributed by atoms with van der Waals surface area (Å²) in [6, 6.07) is 10.8. The number of fused-ring (bicyclic) bond motifs is 5. The summed E-state index contributed by atoms with van der Waals surface area (Å²) in [5, 5.41) is 4.58. The van der Waals surface area contributed by atoms with Gasteiger partial charge in [0.1, 0.15) is 0 Å². The van der Waals surface area contributed by atoms with E-state index < -0.39 is 0 Å². The predicted molar refractivity (Wildman–Crippen MR) is 72.8 cm³/mol. The van der Waals surface area contributed by atoms with Gasteiger partial charge >= 0.3 is 0 Å². The minimum Gasteiger partial charge on any atom is -0.290 e. The molecule has 0 fully saturated rings. The summed E-state index contributed by atoms with van der Waals surface area (Å²) < 4.78 is 2.15. The normalized spacial score (nSPS) is 11.8. The van der Waals surface area contributed by atoms with Gasteiger partial charge in [0.2, 0.25) is 0 Å². The summed E-state index contributed by atoms with van der Waals surface area (Å²) in [7, 11) is 0. The summed E-state index contributed by atoms with van der Waals surface area (Å²) in [5.74, 6) is 0. The number of aromatic nitrogens is 2. The zero-order valence-electron chi connectivity index (χ0n) is 9.34. The Morgan fingerprint density at radius 1 is 1.18 bits per heavy atom. The Morgan fingerprint density at radius 2 is 2.06 bits per heavy atom. The third kappa shape index (κ3) is 1.17. The van der Waals surface area contributed by atoms with Crippen LogP contribution in [0.15, 0.2) is 41.9 Å². The van der Waals surface area contributed by atoms with Crippen molar-refractivity contribution in [3.05, 3.63) is 47.5 Å². The van der Waals surface area contributed by atoms with Gasteiger partial charge in [-0.15, -0.1) is 11.3 Å². The smallest absolute Gasteiger partial charge is 0.194 e. The van der Waals surface area contributed by atoms with Crippen molar-refractivity contribution < 1.29 is 0 Å². The van der Waals surface area contributed by atoms with Gasteiger partial charge in [0.05, 0.1) is 11.0 Å². The van der Waals surface area contributed by atoms with E-state index in [1.807, 2.05) is 0 Å². The van der Waals surface area contributed by atoms with E-state index >= 15 is 0 Å². The van der Waals surface area contributed by atoms with E-state index in [0.29, 0.717) is 0 Å². The molecule has 0 aliphatic carbocycles. The molecule has 0 saturated carbocycles. The second-order valence-corrected chi connectivity index (χ2v) is 5.20. The van der Waals surface area contributed by atoms with Crippen molar-refractivity contribution >= 4 is 38.1 Å². The van der Waals surface area contributed by atoms with E-state index in [-0.39, 0.29) is 0 Å². The molecule has 4 rings (SSSR count). The Hall–Kier alpha value is -1.87. The van der Waals surface area contributed by atoms with Crippen LogP contribution in [0.25, 0.3) is 26.8 Å². The van der Waals surface area contributed by atoms with Crippen LogP contribution in [0.3, 0.4) is 0 Å². The largest absolute Gasteiger partial charge is 0.290 e. The number of nitrogens with zero attached hydrogens (tertiary/aromatic N) is 2. The molecule has 0 unspecified atom stereocenters. The first-order valence-electron chi connectivity index (χ1n) is 5.57. The van der Waals surface area contributed by atoms with Crippen LogP contribution in [0.4, 0.5) is 0 Å². The second kappa shape index (κ2) is 3.08. The third-order valence-electron chi connectivity index (χ3n) is 3.18. The molecule has 0 atom stereocenters. The molecule has 0 aliphatic heterocycles. The summed E-state index contributed by atoms with van der Waals surface area (Å²) >= 11 is 1.68. The van der Waals surface area contributed by atoms with E-state index in [2.05, 4.69) is 53.2 Å². The van der Waals surface area contributed by atoms with E-state index in [1.54, 1.807) is 11.3 Å². The highest BCUT2D eigenvalue weighted by molar-refractivity contribution is 7.15. The lowest BCUT2D eigenvalue weighted by molar-refractivity contribution is 1.28. The molecule has 4 aromatic rings. The van der Waals surface area contributed by atoms with Gasteiger partial charge in [-0.05, 0) is 24.4 Å². The van der Waals surface area contributed by atoms with Crippen LogP contribution in [0, 0.1) is 6.92 Å². The molecular formula is C14H10N2S. The first-order valence-corrected chi connectivity index (χ1v) is 6.45. The molecule has 2 nitrogen and oxygen atoms in total. The number of imidazole rings is 1. The molecule has 0 N–H and O–H groups in total. The predicted octanol–water partition coefficient (Wildman–Crippen LogP) is 4.01. The SMILES string of the molecule is Cc1ccc2ccc3c(nc4sccn43)c2c1. The second-order valence-electron chi connectivity index (χ2n) is 4.33. The van der Waals surface area contributed by atoms with Crippen molar-refractivity contribution in [1.82, 2.24) is 9.38 Å². The number of aryl methyl sites for hydroxylation is 1. The first kappa shape index (κ1) is 9.19. The Balaban J connectivity index is 2.32. The van der Waals surface area contributed by atoms with Gasteiger partial charge < -0.3 is 0 Å².